The summed E-state index contributed by atoms with van der Waals surface area (Å²) in [5.74, 6) is -1.60. The maximum atomic E-state index is 15.1. The molecule has 33 heavy (non-hydrogen) atoms. The van der Waals surface area contributed by atoms with Crippen molar-refractivity contribution in [1.29, 1.82) is 0 Å². The molecule has 5 rings (SSSR count). The van der Waals surface area contributed by atoms with Gasteiger partial charge in [0.05, 0.1) is 43.2 Å². The Morgan fingerprint density at radius 1 is 1.36 bits per heavy atom. The highest BCUT2D eigenvalue weighted by molar-refractivity contribution is 6.03. The fraction of sp³-hybridized carbons (Fsp3) is 0.273. The summed E-state index contributed by atoms with van der Waals surface area (Å²) in [6, 6.07) is 7.93. The van der Waals surface area contributed by atoms with Crippen LogP contribution in [-0.2, 0) is 11.3 Å². The number of aromatic nitrogens is 4. The van der Waals surface area contributed by atoms with Crippen LogP contribution in [0.25, 0.3) is 17.0 Å². The van der Waals surface area contributed by atoms with E-state index in [2.05, 4.69) is 20.4 Å². The van der Waals surface area contributed by atoms with Crippen LogP contribution in [0, 0.1) is 5.82 Å². The molecule has 2 N–H and O–H groups in total. The summed E-state index contributed by atoms with van der Waals surface area (Å²) in [7, 11) is 0. The van der Waals surface area contributed by atoms with Gasteiger partial charge < -0.3 is 19.7 Å². The van der Waals surface area contributed by atoms with Crippen LogP contribution >= 0.6 is 0 Å². The normalized spacial score (nSPS) is 17.4. The molecule has 3 heterocycles. The molecule has 0 radical (unpaired) electrons. The third-order valence-electron chi connectivity index (χ3n) is 5.27. The number of pyridine rings is 1. The van der Waals surface area contributed by atoms with Crippen molar-refractivity contribution < 1.29 is 27.9 Å². The minimum absolute atomic E-state index is 0.0107. The Morgan fingerprint density at radius 2 is 2.21 bits per heavy atom. The number of nitrogens with zero attached hydrogens (tertiary/aromatic N) is 4. The van der Waals surface area contributed by atoms with Crippen molar-refractivity contribution in [2.45, 2.75) is 25.1 Å². The third-order valence-corrected chi connectivity index (χ3v) is 5.27. The number of ether oxygens (including phenoxy) is 1. The fourth-order valence-electron chi connectivity index (χ4n) is 3.44. The van der Waals surface area contributed by atoms with Crippen molar-refractivity contribution in [2.24, 2.45) is 0 Å². The average molecular weight is 455 g/mol. The molecule has 1 aliphatic rings. The van der Waals surface area contributed by atoms with Crippen molar-refractivity contribution in [1.82, 2.24) is 19.5 Å². The smallest absolute Gasteiger partial charge is 0.274 e. The number of anilines is 1. The molecule has 9 nitrogen and oxygen atoms in total. The van der Waals surface area contributed by atoms with E-state index in [9.17, 15) is 9.18 Å². The second-order valence-electron chi connectivity index (χ2n) is 7.62. The standard InChI is InChI=1S/C22H19F2N5O4/c23-15-9-14(15)22-27-20(28-33-22)13-2-1-3-16(19(13)24)26-21(31)17-10-25-18-8-12(4-5-29(17)18)11-32-7-6-30/h1-5,8,10,14-15,30H,6-7,9,11H2,(H,26,31)/t14-,15-/m0/s1. The number of hydrogen-bond donors (Lipinski definition) is 2. The lowest BCUT2D eigenvalue weighted by atomic mass is 10.1. The van der Waals surface area contributed by atoms with E-state index in [0.29, 0.717) is 18.7 Å². The first-order chi connectivity index (χ1) is 16.0. The first-order valence-electron chi connectivity index (χ1n) is 10.3. The summed E-state index contributed by atoms with van der Waals surface area (Å²) in [6.07, 6.45) is 2.36. The highest BCUT2D eigenvalue weighted by Crippen LogP contribution is 2.43. The van der Waals surface area contributed by atoms with E-state index in [0.717, 1.165) is 5.56 Å². The van der Waals surface area contributed by atoms with Crippen molar-refractivity contribution in [2.75, 3.05) is 18.5 Å². The molecule has 2 atom stereocenters. The topological polar surface area (TPSA) is 115 Å². The summed E-state index contributed by atoms with van der Waals surface area (Å²) < 4.78 is 40.2. The molecule has 0 bridgehead atoms. The quantitative estimate of drug-likeness (QED) is 0.392. The van der Waals surface area contributed by atoms with Crippen LogP contribution < -0.4 is 5.32 Å². The summed E-state index contributed by atoms with van der Waals surface area (Å²) >= 11 is 0. The van der Waals surface area contributed by atoms with Crippen LogP contribution in [0.15, 0.2) is 47.2 Å². The van der Waals surface area contributed by atoms with E-state index in [-0.39, 0.29) is 41.9 Å². The molecule has 0 saturated heterocycles. The molecular weight excluding hydrogens is 436 g/mol. The number of rotatable bonds is 8. The largest absolute Gasteiger partial charge is 0.394 e. The molecule has 11 heteroatoms. The van der Waals surface area contributed by atoms with Gasteiger partial charge in [-0.1, -0.05) is 11.2 Å². The van der Waals surface area contributed by atoms with Gasteiger partial charge in [0.25, 0.3) is 5.91 Å². The van der Waals surface area contributed by atoms with Crippen LogP contribution in [0.3, 0.4) is 0 Å². The first kappa shape index (κ1) is 21.2. The van der Waals surface area contributed by atoms with Crippen LogP contribution in [0.1, 0.15) is 34.3 Å². The summed E-state index contributed by atoms with van der Waals surface area (Å²) in [5, 5.41) is 15.1. The number of fused-ring (bicyclic) bond motifs is 1. The lowest BCUT2D eigenvalue weighted by Crippen LogP contribution is -2.15. The first-order valence-corrected chi connectivity index (χ1v) is 10.3. The lowest BCUT2D eigenvalue weighted by Gasteiger charge is -2.09. The van der Waals surface area contributed by atoms with E-state index in [1.165, 1.54) is 18.3 Å². The Balaban J connectivity index is 1.35. The van der Waals surface area contributed by atoms with Crippen molar-refractivity contribution in [3.8, 4) is 11.4 Å². The monoisotopic (exact) mass is 455 g/mol. The zero-order chi connectivity index (χ0) is 22.9. The second-order valence-corrected chi connectivity index (χ2v) is 7.62. The zero-order valence-electron chi connectivity index (χ0n) is 17.2. The zero-order valence-corrected chi connectivity index (χ0v) is 17.2. The van der Waals surface area contributed by atoms with Gasteiger partial charge in [0.1, 0.15) is 17.5 Å². The Bertz CT molecular complexity index is 1320. The van der Waals surface area contributed by atoms with E-state index in [4.69, 9.17) is 14.4 Å². The molecule has 1 aromatic carbocycles. The molecule has 0 spiro atoms. The summed E-state index contributed by atoms with van der Waals surface area (Å²) in [6.45, 7) is 0.453. The third kappa shape index (κ3) is 4.20. The van der Waals surface area contributed by atoms with Gasteiger partial charge in [-0.2, -0.15) is 4.98 Å². The molecule has 1 saturated carbocycles. The molecule has 1 fully saturated rings. The number of carbonyl (C=O) groups is 1. The minimum atomic E-state index is -1.01. The average Bonchev–Trinajstić information content (AvgIpc) is 3.19. The van der Waals surface area contributed by atoms with E-state index >= 15 is 4.39 Å². The van der Waals surface area contributed by atoms with Gasteiger partial charge in [-0.3, -0.25) is 9.20 Å². The van der Waals surface area contributed by atoms with Crippen LogP contribution in [0.4, 0.5) is 14.5 Å². The molecule has 1 aliphatic carbocycles. The molecule has 1 amide bonds. The number of nitrogens with one attached hydrogen (secondary N) is 1. The Kier molecular flexibility index (Phi) is 5.56. The maximum absolute atomic E-state index is 15.1. The minimum Gasteiger partial charge on any atom is -0.394 e. The number of aliphatic hydroxyl groups is 1. The highest BCUT2D eigenvalue weighted by atomic mass is 19.1. The molecule has 170 valence electrons. The van der Waals surface area contributed by atoms with Gasteiger partial charge in [0, 0.05) is 6.20 Å². The Morgan fingerprint density at radius 3 is 3.00 bits per heavy atom. The van der Waals surface area contributed by atoms with Gasteiger partial charge in [-0.15, -0.1) is 0 Å². The maximum Gasteiger partial charge on any atom is 0.274 e. The van der Waals surface area contributed by atoms with Gasteiger partial charge in [0.15, 0.2) is 5.82 Å². The molecule has 4 aromatic rings. The number of benzene rings is 1. The second kappa shape index (κ2) is 8.68. The summed E-state index contributed by atoms with van der Waals surface area (Å²) in [5.41, 5.74) is 1.52. The number of alkyl halides is 1. The van der Waals surface area contributed by atoms with Crippen molar-refractivity contribution in [3.05, 3.63) is 65.7 Å². The Labute approximate surface area is 186 Å². The van der Waals surface area contributed by atoms with Gasteiger partial charge >= 0.3 is 0 Å². The number of aliphatic hydroxyl groups excluding tert-OH is 1. The van der Waals surface area contributed by atoms with E-state index in [1.54, 1.807) is 28.8 Å². The van der Waals surface area contributed by atoms with Crippen molar-refractivity contribution >= 4 is 17.2 Å². The van der Waals surface area contributed by atoms with Crippen LogP contribution in [-0.4, -0.2) is 49.9 Å². The Hall–Kier alpha value is -3.70. The highest BCUT2D eigenvalue weighted by Gasteiger charge is 2.43. The molecule has 0 aliphatic heterocycles. The lowest BCUT2D eigenvalue weighted by molar-refractivity contribution is 0.0815. The van der Waals surface area contributed by atoms with Crippen LogP contribution in [0.2, 0.25) is 0 Å². The molecule has 3 aromatic heterocycles. The number of amides is 1. The number of hydrogen-bond acceptors (Lipinski definition) is 7. The van der Waals surface area contributed by atoms with Gasteiger partial charge in [-0.05, 0) is 36.2 Å². The molecule has 0 unspecified atom stereocenters. The SMILES string of the molecule is O=C(Nc1cccc(-c2noc([C@H]3C[C@@H]3F)n2)c1F)c1cnc2cc(COCCO)ccn12. The van der Waals surface area contributed by atoms with E-state index < -0.39 is 23.8 Å². The molecular formula is C22H19F2N5O4. The van der Waals surface area contributed by atoms with Gasteiger partial charge in [0.2, 0.25) is 11.7 Å². The number of halogens is 2. The van der Waals surface area contributed by atoms with E-state index in [1.807, 2.05) is 0 Å². The van der Waals surface area contributed by atoms with Crippen LogP contribution in [0.5, 0.6) is 0 Å². The summed E-state index contributed by atoms with van der Waals surface area (Å²) in [4.78, 5) is 21.2. The predicted molar refractivity (Wildman–Crippen MR) is 112 cm³/mol. The fourth-order valence-corrected chi connectivity index (χ4v) is 3.44. The van der Waals surface area contributed by atoms with Gasteiger partial charge in [-0.25, -0.2) is 13.8 Å². The van der Waals surface area contributed by atoms with Crippen molar-refractivity contribution in [3.63, 3.8) is 0 Å². The number of carbonyl (C=O) groups excluding carboxylic acids is 1. The number of imidazole rings is 1. The predicted octanol–water partition coefficient (Wildman–Crippen LogP) is 3.11.